The largest absolute Gasteiger partial charge is 0.493 e. The van der Waals surface area contributed by atoms with Crippen LogP contribution < -0.4 is 19.5 Å². The SMILES string of the molecule is COc1cc(-c2cc(C(=O)NC(C)C3CC3)c3ccccc3n2)cc(OC)c1OC. The number of aromatic nitrogens is 1. The van der Waals surface area contributed by atoms with Gasteiger partial charge < -0.3 is 19.5 Å². The van der Waals surface area contributed by atoms with E-state index in [4.69, 9.17) is 19.2 Å². The van der Waals surface area contributed by atoms with Gasteiger partial charge in [-0.2, -0.15) is 0 Å². The topological polar surface area (TPSA) is 69.7 Å². The van der Waals surface area contributed by atoms with Crippen LogP contribution in [0.4, 0.5) is 0 Å². The molecule has 0 radical (unpaired) electrons. The van der Waals surface area contributed by atoms with Gasteiger partial charge in [-0.05, 0) is 49.9 Å². The van der Waals surface area contributed by atoms with Crippen molar-refractivity contribution in [2.75, 3.05) is 21.3 Å². The lowest BCUT2D eigenvalue weighted by Gasteiger charge is -2.16. The first-order chi connectivity index (χ1) is 14.5. The minimum absolute atomic E-state index is 0.0818. The van der Waals surface area contributed by atoms with E-state index in [1.54, 1.807) is 21.3 Å². The number of carbonyl (C=O) groups is 1. The van der Waals surface area contributed by atoms with Crippen LogP contribution in [0.3, 0.4) is 0 Å². The maximum Gasteiger partial charge on any atom is 0.252 e. The molecule has 1 amide bonds. The summed E-state index contributed by atoms with van der Waals surface area (Å²) in [6.07, 6.45) is 2.35. The molecule has 156 valence electrons. The Morgan fingerprint density at radius 1 is 1.03 bits per heavy atom. The Kier molecular flexibility index (Phi) is 5.48. The Morgan fingerprint density at radius 2 is 1.70 bits per heavy atom. The lowest BCUT2D eigenvalue weighted by Crippen LogP contribution is -2.34. The lowest BCUT2D eigenvalue weighted by atomic mass is 10.0. The number of amides is 1. The van der Waals surface area contributed by atoms with Gasteiger partial charge in [-0.3, -0.25) is 4.79 Å². The zero-order chi connectivity index (χ0) is 21.3. The molecular formula is C24H26N2O4. The van der Waals surface area contributed by atoms with Crippen LogP contribution in [-0.2, 0) is 0 Å². The van der Waals surface area contributed by atoms with Crippen molar-refractivity contribution in [3.63, 3.8) is 0 Å². The number of carbonyl (C=O) groups excluding carboxylic acids is 1. The second kappa shape index (κ2) is 8.22. The van der Waals surface area contributed by atoms with Gasteiger partial charge in [0, 0.05) is 17.0 Å². The molecular weight excluding hydrogens is 380 g/mol. The third-order valence-corrected chi connectivity index (χ3v) is 5.61. The van der Waals surface area contributed by atoms with Crippen molar-refractivity contribution in [2.45, 2.75) is 25.8 Å². The van der Waals surface area contributed by atoms with Gasteiger partial charge in [-0.25, -0.2) is 4.98 Å². The van der Waals surface area contributed by atoms with Crippen LogP contribution in [-0.4, -0.2) is 38.3 Å². The minimum Gasteiger partial charge on any atom is -0.493 e. The number of rotatable bonds is 7. The molecule has 6 heteroatoms. The van der Waals surface area contributed by atoms with Crippen molar-refractivity contribution < 1.29 is 19.0 Å². The third-order valence-electron chi connectivity index (χ3n) is 5.61. The molecule has 1 aliphatic carbocycles. The van der Waals surface area contributed by atoms with Crippen LogP contribution >= 0.6 is 0 Å². The number of hydrogen-bond donors (Lipinski definition) is 1. The summed E-state index contributed by atoms with van der Waals surface area (Å²) in [6.45, 7) is 2.07. The molecule has 3 aromatic rings. The van der Waals surface area contributed by atoms with Crippen molar-refractivity contribution in [1.29, 1.82) is 0 Å². The third kappa shape index (κ3) is 3.77. The highest BCUT2D eigenvalue weighted by Crippen LogP contribution is 2.41. The number of hydrogen-bond acceptors (Lipinski definition) is 5. The van der Waals surface area contributed by atoms with E-state index < -0.39 is 0 Å². The van der Waals surface area contributed by atoms with E-state index >= 15 is 0 Å². The van der Waals surface area contributed by atoms with Gasteiger partial charge >= 0.3 is 0 Å². The average molecular weight is 406 g/mol. The summed E-state index contributed by atoms with van der Waals surface area (Å²) in [5.41, 5.74) is 2.81. The Morgan fingerprint density at radius 3 is 2.30 bits per heavy atom. The van der Waals surface area contributed by atoms with E-state index in [0.717, 1.165) is 16.5 Å². The van der Waals surface area contributed by atoms with Crippen molar-refractivity contribution in [3.8, 4) is 28.5 Å². The highest BCUT2D eigenvalue weighted by atomic mass is 16.5. The molecule has 1 saturated carbocycles. The summed E-state index contributed by atoms with van der Waals surface area (Å²) in [7, 11) is 4.72. The summed E-state index contributed by atoms with van der Waals surface area (Å²) < 4.78 is 16.4. The number of para-hydroxylation sites is 1. The fourth-order valence-electron chi connectivity index (χ4n) is 3.74. The van der Waals surface area contributed by atoms with Crippen LogP contribution in [0.1, 0.15) is 30.1 Å². The molecule has 4 rings (SSSR count). The number of fused-ring (bicyclic) bond motifs is 1. The molecule has 1 aliphatic rings. The number of nitrogens with zero attached hydrogens (tertiary/aromatic N) is 1. The number of nitrogens with one attached hydrogen (secondary N) is 1. The van der Waals surface area contributed by atoms with Crippen molar-refractivity contribution >= 4 is 16.8 Å². The van der Waals surface area contributed by atoms with Gasteiger partial charge in [0.15, 0.2) is 11.5 Å². The average Bonchev–Trinajstić information content (AvgIpc) is 3.62. The first-order valence-corrected chi connectivity index (χ1v) is 10.1. The summed E-state index contributed by atoms with van der Waals surface area (Å²) in [6, 6.07) is 13.4. The van der Waals surface area contributed by atoms with E-state index in [9.17, 15) is 4.79 Å². The number of ether oxygens (including phenoxy) is 3. The maximum atomic E-state index is 13.1. The molecule has 0 aliphatic heterocycles. The molecule has 1 unspecified atom stereocenters. The van der Waals surface area contributed by atoms with E-state index in [0.29, 0.717) is 34.4 Å². The zero-order valence-electron chi connectivity index (χ0n) is 17.7. The van der Waals surface area contributed by atoms with Crippen molar-refractivity contribution in [2.24, 2.45) is 5.92 Å². The number of pyridine rings is 1. The lowest BCUT2D eigenvalue weighted by molar-refractivity contribution is 0.0937. The van der Waals surface area contributed by atoms with Gasteiger partial charge in [-0.1, -0.05) is 18.2 Å². The Hall–Kier alpha value is -3.28. The molecule has 1 N–H and O–H groups in total. The summed E-state index contributed by atoms with van der Waals surface area (Å²) in [4.78, 5) is 17.9. The van der Waals surface area contributed by atoms with Gasteiger partial charge in [0.1, 0.15) is 0 Å². The minimum atomic E-state index is -0.0818. The first kappa shape index (κ1) is 20.0. The molecule has 1 fully saturated rings. The summed E-state index contributed by atoms with van der Waals surface area (Å²) >= 11 is 0. The van der Waals surface area contributed by atoms with Gasteiger partial charge in [0.25, 0.3) is 5.91 Å². The number of methoxy groups -OCH3 is 3. The van der Waals surface area contributed by atoms with Crippen molar-refractivity contribution in [1.82, 2.24) is 10.3 Å². The molecule has 2 aromatic carbocycles. The smallest absolute Gasteiger partial charge is 0.252 e. The fourth-order valence-corrected chi connectivity index (χ4v) is 3.74. The predicted molar refractivity (Wildman–Crippen MR) is 116 cm³/mol. The van der Waals surface area contributed by atoms with Gasteiger partial charge in [0.05, 0.1) is 38.1 Å². The van der Waals surface area contributed by atoms with Crippen molar-refractivity contribution in [3.05, 3.63) is 48.0 Å². The van der Waals surface area contributed by atoms with E-state index in [1.807, 2.05) is 42.5 Å². The number of benzene rings is 2. The summed E-state index contributed by atoms with van der Waals surface area (Å²) in [5, 5.41) is 3.98. The van der Waals surface area contributed by atoms with Gasteiger partial charge in [-0.15, -0.1) is 0 Å². The van der Waals surface area contributed by atoms with E-state index in [2.05, 4.69) is 12.2 Å². The zero-order valence-corrected chi connectivity index (χ0v) is 17.7. The summed E-state index contributed by atoms with van der Waals surface area (Å²) in [5.74, 6) is 2.09. The maximum absolute atomic E-state index is 13.1. The van der Waals surface area contributed by atoms with Crippen LogP contribution in [0.2, 0.25) is 0 Å². The molecule has 0 bridgehead atoms. The van der Waals surface area contributed by atoms with E-state index in [-0.39, 0.29) is 11.9 Å². The second-order valence-corrected chi connectivity index (χ2v) is 7.59. The molecule has 30 heavy (non-hydrogen) atoms. The molecule has 6 nitrogen and oxygen atoms in total. The van der Waals surface area contributed by atoms with Crippen LogP contribution in [0.25, 0.3) is 22.2 Å². The molecule has 1 heterocycles. The molecule has 1 aromatic heterocycles. The van der Waals surface area contributed by atoms with E-state index in [1.165, 1.54) is 12.8 Å². The first-order valence-electron chi connectivity index (χ1n) is 10.1. The molecule has 0 spiro atoms. The highest BCUT2D eigenvalue weighted by molar-refractivity contribution is 6.07. The van der Waals surface area contributed by atoms with Crippen LogP contribution in [0.5, 0.6) is 17.2 Å². The Labute approximate surface area is 176 Å². The highest BCUT2D eigenvalue weighted by Gasteiger charge is 2.29. The van der Waals surface area contributed by atoms with Crippen LogP contribution in [0.15, 0.2) is 42.5 Å². The predicted octanol–water partition coefficient (Wildman–Crippen LogP) is 4.46. The monoisotopic (exact) mass is 406 g/mol. The second-order valence-electron chi connectivity index (χ2n) is 7.59. The van der Waals surface area contributed by atoms with Gasteiger partial charge in [0.2, 0.25) is 5.75 Å². The Balaban J connectivity index is 1.83. The normalized spacial score (nSPS) is 14.3. The molecule has 0 saturated heterocycles. The quantitative estimate of drug-likeness (QED) is 0.628. The standard InChI is InChI=1S/C24H26N2O4/c1-14(15-9-10-15)25-24(27)18-13-20(26-19-8-6-5-7-17(18)19)16-11-21(28-2)23(30-4)22(12-16)29-3/h5-8,11-15H,9-10H2,1-4H3,(H,25,27). The fraction of sp³-hybridized carbons (Fsp3) is 0.333. The molecule has 1 atom stereocenters. The van der Waals surface area contributed by atoms with Crippen LogP contribution in [0, 0.1) is 5.92 Å². The Bertz CT molecular complexity index is 1070.